The van der Waals surface area contributed by atoms with Gasteiger partial charge in [-0.25, -0.2) is 0 Å². The number of hydrogen-bond acceptors (Lipinski definition) is 5. The molecule has 0 fully saturated rings. The van der Waals surface area contributed by atoms with Gasteiger partial charge in [-0.1, -0.05) is 19.9 Å². The normalized spacial score (nSPS) is 10.6. The number of nitrogens with one attached hydrogen (secondary N) is 2. The van der Waals surface area contributed by atoms with Crippen LogP contribution in [0, 0.1) is 10.1 Å². The molecule has 2 N–H and O–H groups in total. The fraction of sp³-hybridized carbons (Fsp3) is 0.571. The van der Waals surface area contributed by atoms with E-state index < -0.39 is 0 Å². The number of anilines is 2. The molecule has 112 valence electrons. The standard InChI is InChI=1S/C14H24N4O2/c1-4-10-17(5-2)11-9-16-13-8-6-7-12(15-3)14(13)18(19)20/h6-8,15-16H,4-5,9-11H2,1-3H3. The van der Waals surface area contributed by atoms with E-state index in [1.54, 1.807) is 19.2 Å². The maximum atomic E-state index is 11.2. The predicted molar refractivity (Wildman–Crippen MR) is 83.5 cm³/mol. The number of nitro benzene ring substituents is 1. The summed E-state index contributed by atoms with van der Waals surface area (Å²) in [6, 6.07) is 5.26. The van der Waals surface area contributed by atoms with E-state index in [-0.39, 0.29) is 10.6 Å². The van der Waals surface area contributed by atoms with Gasteiger partial charge in [0, 0.05) is 20.1 Å². The highest BCUT2D eigenvalue weighted by Gasteiger charge is 2.18. The van der Waals surface area contributed by atoms with Gasteiger partial charge in [0.15, 0.2) is 0 Å². The van der Waals surface area contributed by atoms with Gasteiger partial charge in [-0.2, -0.15) is 0 Å². The molecule has 1 aromatic carbocycles. The Kier molecular flexibility index (Phi) is 6.79. The van der Waals surface area contributed by atoms with E-state index in [0.717, 1.165) is 26.1 Å². The highest BCUT2D eigenvalue weighted by Crippen LogP contribution is 2.32. The van der Waals surface area contributed by atoms with Crippen molar-refractivity contribution in [1.29, 1.82) is 0 Å². The van der Waals surface area contributed by atoms with E-state index in [0.29, 0.717) is 17.9 Å². The van der Waals surface area contributed by atoms with Crippen LogP contribution in [0.25, 0.3) is 0 Å². The molecule has 0 heterocycles. The molecule has 20 heavy (non-hydrogen) atoms. The van der Waals surface area contributed by atoms with Crippen molar-refractivity contribution < 1.29 is 4.92 Å². The number of likely N-dealkylation sites (N-methyl/N-ethyl adjacent to an activating group) is 1. The molecule has 6 nitrogen and oxygen atoms in total. The molecular formula is C14H24N4O2. The molecule has 0 amide bonds. The monoisotopic (exact) mass is 280 g/mol. The van der Waals surface area contributed by atoms with E-state index >= 15 is 0 Å². The Hall–Kier alpha value is -1.82. The second kappa shape index (κ2) is 8.37. The smallest absolute Gasteiger partial charge is 0.315 e. The van der Waals surface area contributed by atoms with E-state index in [1.165, 1.54) is 0 Å². The van der Waals surface area contributed by atoms with Gasteiger partial charge in [-0.15, -0.1) is 0 Å². The van der Waals surface area contributed by atoms with E-state index in [1.807, 2.05) is 6.07 Å². The highest BCUT2D eigenvalue weighted by atomic mass is 16.6. The number of benzene rings is 1. The number of nitrogens with zero attached hydrogens (tertiary/aromatic N) is 2. The second-order valence-electron chi connectivity index (χ2n) is 4.57. The quantitative estimate of drug-likeness (QED) is 0.537. The van der Waals surface area contributed by atoms with Gasteiger partial charge < -0.3 is 15.5 Å². The zero-order valence-electron chi connectivity index (χ0n) is 12.5. The largest absolute Gasteiger partial charge is 0.382 e. The molecule has 0 atom stereocenters. The van der Waals surface area contributed by atoms with E-state index in [9.17, 15) is 10.1 Å². The van der Waals surface area contributed by atoms with Gasteiger partial charge in [0.1, 0.15) is 11.4 Å². The fourth-order valence-corrected chi connectivity index (χ4v) is 2.18. The van der Waals surface area contributed by atoms with Crippen molar-refractivity contribution >= 4 is 17.1 Å². The van der Waals surface area contributed by atoms with Gasteiger partial charge in [-0.05, 0) is 31.6 Å². The van der Waals surface area contributed by atoms with Crippen molar-refractivity contribution in [3.63, 3.8) is 0 Å². The third kappa shape index (κ3) is 4.38. The maximum Gasteiger partial charge on any atom is 0.315 e. The third-order valence-electron chi connectivity index (χ3n) is 3.22. The minimum absolute atomic E-state index is 0.105. The van der Waals surface area contributed by atoms with Crippen molar-refractivity contribution in [1.82, 2.24) is 4.90 Å². The molecule has 0 unspecified atom stereocenters. The Morgan fingerprint density at radius 1 is 1.25 bits per heavy atom. The van der Waals surface area contributed by atoms with Crippen LogP contribution in [0.3, 0.4) is 0 Å². The molecule has 1 aromatic rings. The van der Waals surface area contributed by atoms with Crippen molar-refractivity contribution in [2.45, 2.75) is 20.3 Å². The summed E-state index contributed by atoms with van der Waals surface area (Å²) < 4.78 is 0. The van der Waals surface area contributed by atoms with Crippen molar-refractivity contribution in [3.8, 4) is 0 Å². The van der Waals surface area contributed by atoms with Crippen LogP contribution in [0.15, 0.2) is 18.2 Å². The second-order valence-corrected chi connectivity index (χ2v) is 4.57. The first-order chi connectivity index (χ1) is 9.63. The summed E-state index contributed by atoms with van der Waals surface area (Å²) in [4.78, 5) is 13.1. The number of hydrogen-bond donors (Lipinski definition) is 2. The Morgan fingerprint density at radius 3 is 2.50 bits per heavy atom. The first-order valence-electron chi connectivity index (χ1n) is 7.05. The van der Waals surface area contributed by atoms with Crippen LogP contribution in [0.5, 0.6) is 0 Å². The van der Waals surface area contributed by atoms with Crippen molar-refractivity contribution in [3.05, 3.63) is 28.3 Å². The molecule has 0 aliphatic carbocycles. The van der Waals surface area contributed by atoms with Crippen LogP contribution >= 0.6 is 0 Å². The molecule has 0 aliphatic heterocycles. The molecule has 0 bridgehead atoms. The maximum absolute atomic E-state index is 11.2. The Morgan fingerprint density at radius 2 is 1.95 bits per heavy atom. The van der Waals surface area contributed by atoms with Crippen LogP contribution in [0.4, 0.5) is 17.1 Å². The van der Waals surface area contributed by atoms with Crippen molar-refractivity contribution in [2.75, 3.05) is 43.9 Å². The average molecular weight is 280 g/mol. The highest BCUT2D eigenvalue weighted by molar-refractivity contribution is 5.75. The van der Waals surface area contributed by atoms with Crippen LogP contribution in [-0.4, -0.2) is 43.0 Å². The molecule has 1 rings (SSSR count). The van der Waals surface area contributed by atoms with Gasteiger partial charge in [0.25, 0.3) is 0 Å². The fourth-order valence-electron chi connectivity index (χ4n) is 2.18. The molecular weight excluding hydrogens is 256 g/mol. The minimum Gasteiger partial charge on any atom is -0.382 e. The molecule has 0 radical (unpaired) electrons. The minimum atomic E-state index is -0.349. The van der Waals surface area contributed by atoms with Gasteiger partial charge in [0.05, 0.1) is 4.92 Å². The Bertz CT molecular complexity index is 437. The zero-order chi connectivity index (χ0) is 15.0. The van der Waals surface area contributed by atoms with Gasteiger partial charge in [0.2, 0.25) is 0 Å². The first-order valence-corrected chi connectivity index (χ1v) is 7.05. The molecule has 0 aromatic heterocycles. The number of para-hydroxylation sites is 1. The topological polar surface area (TPSA) is 70.4 Å². The van der Waals surface area contributed by atoms with E-state index in [2.05, 4.69) is 29.4 Å². The van der Waals surface area contributed by atoms with Crippen LogP contribution in [0.2, 0.25) is 0 Å². The number of rotatable bonds is 9. The van der Waals surface area contributed by atoms with Crippen LogP contribution in [-0.2, 0) is 0 Å². The van der Waals surface area contributed by atoms with Crippen molar-refractivity contribution in [2.24, 2.45) is 0 Å². The first kappa shape index (κ1) is 16.2. The zero-order valence-corrected chi connectivity index (χ0v) is 12.5. The van der Waals surface area contributed by atoms with Crippen LogP contribution in [0.1, 0.15) is 20.3 Å². The predicted octanol–water partition coefficient (Wildman–Crippen LogP) is 2.78. The molecule has 6 heteroatoms. The lowest BCUT2D eigenvalue weighted by Crippen LogP contribution is -2.29. The third-order valence-corrected chi connectivity index (χ3v) is 3.22. The molecule has 0 saturated carbocycles. The summed E-state index contributed by atoms with van der Waals surface area (Å²) in [6.07, 6.45) is 1.11. The summed E-state index contributed by atoms with van der Waals surface area (Å²) in [7, 11) is 1.69. The summed E-state index contributed by atoms with van der Waals surface area (Å²) in [5.41, 5.74) is 1.20. The number of nitro groups is 1. The molecule has 0 spiro atoms. The average Bonchev–Trinajstić information content (AvgIpc) is 2.45. The summed E-state index contributed by atoms with van der Waals surface area (Å²) in [6.45, 7) is 7.90. The lowest BCUT2D eigenvalue weighted by molar-refractivity contribution is -0.383. The lowest BCUT2D eigenvalue weighted by Gasteiger charge is -2.20. The summed E-state index contributed by atoms with van der Waals surface area (Å²) in [5, 5.41) is 17.2. The van der Waals surface area contributed by atoms with Gasteiger partial charge >= 0.3 is 5.69 Å². The van der Waals surface area contributed by atoms with E-state index in [4.69, 9.17) is 0 Å². The Balaban J connectivity index is 2.70. The lowest BCUT2D eigenvalue weighted by atomic mass is 10.2. The Labute approximate surface area is 120 Å². The summed E-state index contributed by atoms with van der Waals surface area (Å²) >= 11 is 0. The molecule has 0 aliphatic rings. The van der Waals surface area contributed by atoms with Gasteiger partial charge in [-0.3, -0.25) is 10.1 Å². The molecule has 0 saturated heterocycles. The summed E-state index contributed by atoms with van der Waals surface area (Å²) in [5.74, 6) is 0. The SMILES string of the molecule is CCCN(CC)CCNc1cccc(NC)c1[N+](=O)[O-]. The van der Waals surface area contributed by atoms with Crippen LogP contribution < -0.4 is 10.6 Å².